The first kappa shape index (κ1) is 14.9. The highest BCUT2D eigenvalue weighted by Gasteiger charge is 2.23. The summed E-state index contributed by atoms with van der Waals surface area (Å²) in [6.45, 7) is 5.68. The Morgan fingerprint density at radius 2 is 2.00 bits per heavy atom. The lowest BCUT2D eigenvalue weighted by Crippen LogP contribution is -2.33. The van der Waals surface area contributed by atoms with Gasteiger partial charge in [-0.3, -0.25) is 4.79 Å². The molecule has 0 radical (unpaired) electrons. The second kappa shape index (κ2) is 5.31. The van der Waals surface area contributed by atoms with E-state index in [1.807, 2.05) is 20.8 Å². The highest BCUT2D eigenvalue weighted by molar-refractivity contribution is 5.83. The Balaban J connectivity index is 2.21. The lowest BCUT2D eigenvalue weighted by atomic mass is 9.93. The second-order valence-corrected chi connectivity index (χ2v) is 6.09. The molecule has 118 valence electrons. The second-order valence-electron chi connectivity index (χ2n) is 6.09. The summed E-state index contributed by atoms with van der Waals surface area (Å²) >= 11 is 0. The number of aromatic hydroxyl groups is 1. The van der Waals surface area contributed by atoms with E-state index in [0.717, 1.165) is 4.68 Å². The minimum atomic E-state index is -0.457. The average Bonchev–Trinajstić information content (AvgIpc) is 2.94. The largest absolute Gasteiger partial charge is 0.507 e. The Labute approximate surface area is 131 Å². The molecule has 2 aromatic heterocycles. The summed E-state index contributed by atoms with van der Waals surface area (Å²) in [5.74, 6) is 0.279. The molecule has 0 aliphatic heterocycles. The van der Waals surface area contributed by atoms with Gasteiger partial charge in [-0.25, -0.2) is 0 Å². The third-order valence-corrected chi connectivity index (χ3v) is 3.26. The molecule has 0 bridgehead atoms. The number of benzene rings is 1. The van der Waals surface area contributed by atoms with Crippen molar-refractivity contribution in [2.24, 2.45) is 5.10 Å². The zero-order chi connectivity index (χ0) is 16.6. The first-order valence-corrected chi connectivity index (χ1v) is 7.04. The zero-order valence-corrected chi connectivity index (χ0v) is 13.0. The number of phenols is 1. The van der Waals surface area contributed by atoms with Gasteiger partial charge in [0, 0.05) is 11.0 Å². The number of para-hydroxylation sites is 1. The van der Waals surface area contributed by atoms with Crippen molar-refractivity contribution in [3.05, 3.63) is 52.2 Å². The molecule has 8 nitrogen and oxygen atoms in total. The van der Waals surface area contributed by atoms with Crippen molar-refractivity contribution < 1.29 is 5.11 Å². The van der Waals surface area contributed by atoms with Crippen molar-refractivity contribution in [3.8, 4) is 5.75 Å². The fourth-order valence-corrected chi connectivity index (χ4v) is 2.07. The molecule has 0 aliphatic rings. The van der Waals surface area contributed by atoms with E-state index in [1.165, 1.54) is 17.1 Å². The number of rotatable bonds is 2. The number of aromatic nitrogens is 5. The molecule has 0 amide bonds. The average molecular weight is 312 g/mol. The monoisotopic (exact) mass is 312 g/mol. The molecule has 0 spiro atoms. The molecule has 3 aromatic rings. The molecule has 8 heteroatoms. The molecule has 0 saturated heterocycles. The Bertz CT molecular complexity index is 948. The summed E-state index contributed by atoms with van der Waals surface area (Å²) < 4.78 is 2.54. The molecule has 0 aliphatic carbocycles. The van der Waals surface area contributed by atoms with Crippen LogP contribution in [0.5, 0.6) is 5.75 Å². The highest BCUT2D eigenvalue weighted by Crippen LogP contribution is 2.16. The molecule has 1 aromatic carbocycles. The van der Waals surface area contributed by atoms with Crippen molar-refractivity contribution in [1.29, 1.82) is 0 Å². The lowest BCUT2D eigenvalue weighted by molar-refractivity contribution is 0.474. The predicted octanol–water partition coefficient (Wildman–Crippen LogP) is 1.17. The minimum absolute atomic E-state index is 0.0758. The lowest BCUT2D eigenvalue weighted by Gasteiger charge is -2.16. The number of phenolic OH excluding ortho intramolecular Hbond substituents is 1. The van der Waals surface area contributed by atoms with Crippen molar-refractivity contribution in [1.82, 2.24) is 24.5 Å². The van der Waals surface area contributed by atoms with Crippen LogP contribution in [0, 0.1) is 0 Å². The Hall–Kier alpha value is -3.03. The van der Waals surface area contributed by atoms with Crippen LogP contribution >= 0.6 is 0 Å². The standard InChI is InChI=1S/C15H16N6O2/c1-15(2,3)12-13(23)21(14-18-16-9-20(14)19-12)17-8-10-6-4-5-7-11(10)22/h4-9,22H,1-3H3/b17-8+. The smallest absolute Gasteiger partial charge is 0.298 e. The fourth-order valence-electron chi connectivity index (χ4n) is 2.07. The van der Waals surface area contributed by atoms with Crippen molar-refractivity contribution in [2.45, 2.75) is 26.2 Å². The van der Waals surface area contributed by atoms with Crippen molar-refractivity contribution in [2.75, 3.05) is 0 Å². The maximum Gasteiger partial charge on any atom is 0.298 e. The van der Waals surface area contributed by atoms with E-state index in [-0.39, 0.29) is 17.1 Å². The molecule has 0 fully saturated rings. The van der Waals surface area contributed by atoms with Gasteiger partial charge in [0.05, 0.1) is 6.21 Å². The zero-order valence-electron chi connectivity index (χ0n) is 13.0. The summed E-state index contributed by atoms with van der Waals surface area (Å²) in [6, 6.07) is 6.71. The summed E-state index contributed by atoms with van der Waals surface area (Å²) in [4.78, 5) is 12.7. The van der Waals surface area contributed by atoms with Crippen LogP contribution in [0.3, 0.4) is 0 Å². The van der Waals surface area contributed by atoms with Gasteiger partial charge in [-0.15, -0.1) is 10.2 Å². The maximum atomic E-state index is 12.7. The molecule has 2 heterocycles. The first-order valence-electron chi connectivity index (χ1n) is 7.04. The number of hydrogen-bond acceptors (Lipinski definition) is 6. The first-order chi connectivity index (χ1) is 10.9. The Kier molecular flexibility index (Phi) is 3.44. The van der Waals surface area contributed by atoms with E-state index in [2.05, 4.69) is 20.4 Å². The molecule has 23 heavy (non-hydrogen) atoms. The Morgan fingerprint density at radius 1 is 1.26 bits per heavy atom. The van der Waals surface area contributed by atoms with E-state index in [1.54, 1.807) is 24.3 Å². The van der Waals surface area contributed by atoms with Crippen molar-refractivity contribution in [3.63, 3.8) is 0 Å². The molecule has 3 rings (SSSR count). The van der Waals surface area contributed by atoms with E-state index in [4.69, 9.17) is 0 Å². The van der Waals surface area contributed by atoms with Crippen LogP contribution in [0.1, 0.15) is 32.0 Å². The number of fused-ring (bicyclic) bond motifs is 1. The topological polar surface area (TPSA) is 97.7 Å². The van der Waals surface area contributed by atoms with E-state index in [9.17, 15) is 9.90 Å². The Morgan fingerprint density at radius 3 is 2.70 bits per heavy atom. The van der Waals surface area contributed by atoms with Crippen LogP contribution in [0.4, 0.5) is 0 Å². The molecule has 0 atom stereocenters. The predicted molar refractivity (Wildman–Crippen MR) is 84.8 cm³/mol. The third-order valence-electron chi connectivity index (χ3n) is 3.26. The molecule has 1 N–H and O–H groups in total. The van der Waals surface area contributed by atoms with Gasteiger partial charge in [0.2, 0.25) is 0 Å². The van der Waals surface area contributed by atoms with Crippen LogP contribution in [-0.4, -0.2) is 35.8 Å². The number of nitrogens with zero attached hydrogens (tertiary/aromatic N) is 6. The fraction of sp³-hybridized carbons (Fsp3) is 0.267. The van der Waals surface area contributed by atoms with Gasteiger partial charge in [-0.2, -0.15) is 19.4 Å². The van der Waals surface area contributed by atoms with Crippen LogP contribution < -0.4 is 5.56 Å². The van der Waals surface area contributed by atoms with E-state index in [0.29, 0.717) is 11.3 Å². The van der Waals surface area contributed by atoms with Crippen molar-refractivity contribution >= 4 is 12.0 Å². The molecule has 0 unspecified atom stereocenters. The molecule has 0 saturated carbocycles. The third kappa shape index (κ3) is 2.70. The van der Waals surface area contributed by atoms with Gasteiger partial charge < -0.3 is 5.11 Å². The van der Waals surface area contributed by atoms with Crippen LogP contribution in [-0.2, 0) is 5.41 Å². The highest BCUT2D eigenvalue weighted by atomic mass is 16.3. The summed E-state index contributed by atoms with van der Waals surface area (Å²) in [6.07, 6.45) is 2.81. The SMILES string of the molecule is CC(C)(C)c1nn2cnnc2n(/N=C/c2ccccc2O)c1=O. The normalized spacial score (nSPS) is 12.3. The summed E-state index contributed by atoms with van der Waals surface area (Å²) in [5.41, 5.74) is 0.0110. The van der Waals surface area contributed by atoms with E-state index >= 15 is 0 Å². The van der Waals surface area contributed by atoms with Gasteiger partial charge in [-0.05, 0) is 12.1 Å². The summed E-state index contributed by atoms with van der Waals surface area (Å²) in [7, 11) is 0. The van der Waals surface area contributed by atoms with Crippen LogP contribution in [0.2, 0.25) is 0 Å². The van der Waals surface area contributed by atoms with Gasteiger partial charge in [0.1, 0.15) is 17.8 Å². The molecular formula is C15H16N6O2. The quantitative estimate of drug-likeness (QED) is 0.716. The van der Waals surface area contributed by atoms with Gasteiger partial charge in [-0.1, -0.05) is 32.9 Å². The van der Waals surface area contributed by atoms with Gasteiger partial charge in [0.15, 0.2) is 0 Å². The minimum Gasteiger partial charge on any atom is -0.507 e. The molecular weight excluding hydrogens is 296 g/mol. The van der Waals surface area contributed by atoms with E-state index < -0.39 is 5.41 Å². The van der Waals surface area contributed by atoms with Gasteiger partial charge >= 0.3 is 0 Å². The summed E-state index contributed by atoms with van der Waals surface area (Å²) in [5, 5.41) is 25.9. The van der Waals surface area contributed by atoms with Crippen LogP contribution in [0.25, 0.3) is 5.78 Å². The van der Waals surface area contributed by atoms with Gasteiger partial charge in [0.25, 0.3) is 11.3 Å². The van der Waals surface area contributed by atoms with Crippen LogP contribution in [0.15, 0.2) is 40.5 Å². The maximum absolute atomic E-state index is 12.7. The number of hydrogen-bond donors (Lipinski definition) is 1.